The highest BCUT2D eigenvalue weighted by atomic mass is 19.1. The number of aryl methyl sites for hydroxylation is 3. The van der Waals surface area contributed by atoms with E-state index in [4.69, 9.17) is 9.47 Å². The summed E-state index contributed by atoms with van der Waals surface area (Å²) in [5, 5.41) is 13.8. The topological polar surface area (TPSA) is 108 Å². The summed E-state index contributed by atoms with van der Waals surface area (Å²) in [7, 11) is 0. The average Bonchev–Trinajstić information content (AvgIpc) is 3.76. The number of carbonyl (C=O) groups excluding carboxylic acids is 2. The number of hydrogen-bond acceptors (Lipinski definition) is 6. The Balaban J connectivity index is 1.35. The molecule has 2 amide bonds. The first-order chi connectivity index (χ1) is 21.7. The van der Waals surface area contributed by atoms with Crippen molar-refractivity contribution in [2.75, 3.05) is 36.6 Å². The minimum atomic E-state index is -1.05. The lowest BCUT2D eigenvalue weighted by atomic mass is 9.82. The van der Waals surface area contributed by atoms with E-state index in [1.165, 1.54) is 6.07 Å². The van der Waals surface area contributed by atoms with Crippen molar-refractivity contribution in [3.8, 4) is 11.5 Å². The van der Waals surface area contributed by atoms with Crippen molar-refractivity contribution >= 4 is 29.2 Å². The third kappa shape index (κ3) is 5.86. The second-order valence-electron chi connectivity index (χ2n) is 12.0. The van der Waals surface area contributed by atoms with Crippen molar-refractivity contribution in [3.63, 3.8) is 0 Å². The molecule has 3 aromatic carbocycles. The quantitative estimate of drug-likeness (QED) is 0.323. The summed E-state index contributed by atoms with van der Waals surface area (Å²) in [5.41, 5.74) is 5.94. The second-order valence-corrected chi connectivity index (χ2v) is 12.0. The summed E-state index contributed by atoms with van der Waals surface area (Å²) in [6, 6.07) is 13.7. The third-order valence-electron chi connectivity index (χ3n) is 9.20. The SMILES string of the molecule is CCc1cc(C)cc(CC)c1NC(=O)CN1C[C@H](c2cc(F)c3c(c2)OCO3)C(C(=O)O)[C@@H]1c1ccc(N2CCCC2=O)cc1. The monoisotopic (exact) mass is 615 g/mol. The van der Waals surface area contributed by atoms with Crippen LogP contribution in [0.4, 0.5) is 15.8 Å². The van der Waals surface area contributed by atoms with Crippen molar-refractivity contribution in [1.82, 2.24) is 4.90 Å². The number of carbonyl (C=O) groups is 3. The molecule has 2 saturated heterocycles. The Kier molecular flexibility index (Phi) is 8.50. The summed E-state index contributed by atoms with van der Waals surface area (Å²) in [5.74, 6) is -3.24. The van der Waals surface area contributed by atoms with Crippen LogP contribution in [0.15, 0.2) is 48.5 Å². The van der Waals surface area contributed by atoms with Crippen LogP contribution in [0.3, 0.4) is 0 Å². The van der Waals surface area contributed by atoms with E-state index in [2.05, 4.69) is 17.4 Å². The highest BCUT2D eigenvalue weighted by Gasteiger charge is 2.48. The normalized spacial score (nSPS) is 21.0. The zero-order valence-corrected chi connectivity index (χ0v) is 25.8. The van der Waals surface area contributed by atoms with Crippen molar-refractivity contribution in [1.29, 1.82) is 0 Å². The van der Waals surface area contributed by atoms with Crippen molar-refractivity contribution in [2.45, 2.75) is 58.4 Å². The molecule has 3 aliphatic rings. The fourth-order valence-corrected chi connectivity index (χ4v) is 7.13. The lowest BCUT2D eigenvalue weighted by Crippen LogP contribution is -2.35. The first-order valence-electron chi connectivity index (χ1n) is 15.6. The van der Waals surface area contributed by atoms with E-state index < -0.39 is 29.7 Å². The Bertz CT molecular complexity index is 1620. The van der Waals surface area contributed by atoms with Gasteiger partial charge in [0.15, 0.2) is 11.6 Å². The van der Waals surface area contributed by atoms with Gasteiger partial charge in [-0.3, -0.25) is 19.3 Å². The molecular weight excluding hydrogens is 577 g/mol. The first kappa shape index (κ1) is 30.6. The predicted molar refractivity (Wildman–Crippen MR) is 167 cm³/mol. The second kappa shape index (κ2) is 12.5. The van der Waals surface area contributed by atoms with Crippen LogP contribution in [0.25, 0.3) is 0 Å². The van der Waals surface area contributed by atoms with Crippen LogP contribution in [-0.4, -0.2) is 54.2 Å². The van der Waals surface area contributed by atoms with E-state index in [1.807, 2.05) is 49.9 Å². The Hall–Kier alpha value is -4.44. The summed E-state index contributed by atoms with van der Waals surface area (Å²) < 4.78 is 25.7. The Labute approximate surface area is 261 Å². The molecule has 2 fully saturated rings. The molecule has 6 rings (SSSR count). The maximum atomic E-state index is 15.0. The Morgan fingerprint density at radius 1 is 1.02 bits per heavy atom. The smallest absolute Gasteiger partial charge is 0.309 e. The molecule has 0 saturated carbocycles. The molecule has 0 aliphatic carbocycles. The zero-order chi connectivity index (χ0) is 31.8. The molecule has 0 spiro atoms. The van der Waals surface area contributed by atoms with Crippen LogP contribution < -0.4 is 19.7 Å². The Morgan fingerprint density at radius 3 is 2.36 bits per heavy atom. The number of carboxylic acids is 1. The van der Waals surface area contributed by atoms with Gasteiger partial charge in [0, 0.05) is 42.8 Å². The molecule has 45 heavy (non-hydrogen) atoms. The van der Waals surface area contributed by atoms with E-state index in [0.717, 1.165) is 47.3 Å². The lowest BCUT2D eigenvalue weighted by Gasteiger charge is -2.28. The summed E-state index contributed by atoms with van der Waals surface area (Å²) in [4.78, 5) is 42.7. The molecule has 3 atom stereocenters. The molecule has 3 aromatic rings. The predicted octanol–water partition coefficient (Wildman–Crippen LogP) is 5.59. The van der Waals surface area contributed by atoms with Gasteiger partial charge in [0.25, 0.3) is 0 Å². The van der Waals surface area contributed by atoms with Crippen LogP contribution in [0.1, 0.15) is 66.5 Å². The minimum absolute atomic E-state index is 0.0139. The number of likely N-dealkylation sites (tertiary alicyclic amines) is 1. The van der Waals surface area contributed by atoms with E-state index in [9.17, 15) is 19.5 Å². The largest absolute Gasteiger partial charge is 0.481 e. The van der Waals surface area contributed by atoms with Gasteiger partial charge in [-0.25, -0.2) is 4.39 Å². The van der Waals surface area contributed by atoms with Crippen molar-refractivity contribution in [3.05, 3.63) is 82.2 Å². The highest BCUT2D eigenvalue weighted by molar-refractivity contribution is 5.95. The fraction of sp³-hybridized carbons (Fsp3) is 0.400. The number of ether oxygens (including phenoxy) is 2. The molecular formula is C35H38FN3O6. The van der Waals surface area contributed by atoms with Crippen molar-refractivity contribution < 1.29 is 33.4 Å². The van der Waals surface area contributed by atoms with E-state index in [1.54, 1.807) is 11.0 Å². The molecule has 9 nitrogen and oxygen atoms in total. The number of nitrogens with zero attached hydrogens (tertiary/aromatic N) is 2. The zero-order valence-electron chi connectivity index (χ0n) is 25.8. The number of anilines is 2. The standard InChI is InChI=1S/C35H38FN3O6/c1-4-21-13-20(3)14-22(5-2)32(21)37-29(40)18-38-17-26(24-15-27(36)34-28(16-24)44-19-45-34)31(35(42)43)33(38)23-8-10-25(11-9-23)39-12-6-7-30(39)41/h8-11,13-16,26,31,33H,4-7,12,17-19H2,1-3H3,(H,37,40)(H,42,43)/t26-,31?,33+/m1/s1. The van der Waals surface area contributed by atoms with E-state index in [0.29, 0.717) is 24.1 Å². The Morgan fingerprint density at radius 2 is 1.73 bits per heavy atom. The van der Waals surface area contributed by atoms with Crippen LogP contribution in [0.5, 0.6) is 11.5 Å². The van der Waals surface area contributed by atoms with Crippen LogP contribution in [-0.2, 0) is 27.2 Å². The highest BCUT2D eigenvalue weighted by Crippen LogP contribution is 2.48. The lowest BCUT2D eigenvalue weighted by molar-refractivity contribution is -0.143. The molecule has 236 valence electrons. The molecule has 2 N–H and O–H groups in total. The van der Waals surface area contributed by atoms with Gasteiger partial charge in [-0.15, -0.1) is 0 Å². The van der Waals surface area contributed by atoms with Gasteiger partial charge in [0.1, 0.15) is 0 Å². The fourth-order valence-electron chi connectivity index (χ4n) is 7.13. The number of aliphatic carboxylic acids is 1. The molecule has 0 aromatic heterocycles. The number of halogens is 1. The van der Waals surface area contributed by atoms with Crippen LogP contribution in [0, 0.1) is 18.7 Å². The third-order valence-corrected chi connectivity index (χ3v) is 9.20. The van der Waals surface area contributed by atoms with Gasteiger partial charge < -0.3 is 24.8 Å². The van der Waals surface area contributed by atoms with Gasteiger partial charge in [0.2, 0.25) is 24.4 Å². The number of hydrogen-bond donors (Lipinski definition) is 2. The summed E-state index contributed by atoms with van der Waals surface area (Å²) in [6.45, 7) is 6.80. The molecule has 0 bridgehead atoms. The number of fused-ring (bicyclic) bond motifs is 1. The van der Waals surface area contributed by atoms with E-state index in [-0.39, 0.29) is 43.2 Å². The van der Waals surface area contributed by atoms with Crippen molar-refractivity contribution in [2.24, 2.45) is 5.92 Å². The first-order valence-corrected chi connectivity index (χ1v) is 15.6. The summed E-state index contributed by atoms with van der Waals surface area (Å²) >= 11 is 0. The molecule has 10 heteroatoms. The molecule has 3 heterocycles. The number of rotatable bonds is 9. The number of carboxylic acid groups (broad SMARTS) is 1. The van der Waals surface area contributed by atoms with Gasteiger partial charge in [-0.2, -0.15) is 0 Å². The maximum Gasteiger partial charge on any atom is 0.309 e. The molecule has 0 radical (unpaired) electrons. The van der Waals surface area contributed by atoms with Gasteiger partial charge >= 0.3 is 5.97 Å². The minimum Gasteiger partial charge on any atom is -0.481 e. The molecule has 1 unspecified atom stereocenters. The molecule has 3 aliphatic heterocycles. The average molecular weight is 616 g/mol. The summed E-state index contributed by atoms with van der Waals surface area (Å²) in [6.07, 6.45) is 2.80. The number of benzene rings is 3. The van der Waals surface area contributed by atoms with Crippen LogP contribution in [0.2, 0.25) is 0 Å². The van der Waals surface area contributed by atoms with Gasteiger partial charge in [-0.05, 0) is 72.7 Å². The van der Waals surface area contributed by atoms with Crippen LogP contribution >= 0.6 is 0 Å². The van der Waals surface area contributed by atoms with Gasteiger partial charge in [-0.1, -0.05) is 43.7 Å². The van der Waals surface area contributed by atoms with Gasteiger partial charge in [0.05, 0.1) is 12.5 Å². The number of amides is 2. The van der Waals surface area contributed by atoms with E-state index >= 15 is 4.39 Å². The number of nitrogens with one attached hydrogen (secondary N) is 1. The maximum absolute atomic E-state index is 15.0.